The van der Waals surface area contributed by atoms with Gasteiger partial charge in [0.05, 0.1) is 23.3 Å². The van der Waals surface area contributed by atoms with Crippen LogP contribution in [0.15, 0.2) is 0 Å². The third kappa shape index (κ3) is 42.8. The SMILES string of the molecule is CCCCCCCCCCCCCCCCOCC(COCCCS(=O)(=O)[O-])OCCCCCCCCCCCCCCCC.[Na+]. The molecule has 0 aromatic carbocycles. The van der Waals surface area contributed by atoms with Crippen molar-refractivity contribution in [2.24, 2.45) is 0 Å². The quantitative estimate of drug-likeness (QED) is 0.0368. The molecule has 0 aliphatic carbocycles. The van der Waals surface area contributed by atoms with Crippen LogP contribution in [0.5, 0.6) is 0 Å². The Labute approximate surface area is 310 Å². The second kappa shape index (κ2) is 40.2. The standard InChI is InChI=1S/C38H78O6S.Na/c1-3-5-7-9-11-13-15-17-19-21-23-25-27-29-32-42-36-38(37-43-33-31-35-45(39,40)41)44-34-30-28-26-24-22-20-18-16-14-12-10-8-6-4-2;/h38H,3-37H2,1-2H3,(H,39,40,41);/q;+1/p-1. The maximum absolute atomic E-state index is 10.8. The predicted molar refractivity (Wildman–Crippen MR) is 191 cm³/mol. The molecule has 0 amide bonds. The smallest absolute Gasteiger partial charge is 0.748 e. The first-order valence-corrected chi connectivity index (χ1v) is 21.3. The van der Waals surface area contributed by atoms with Crippen LogP contribution in [0.4, 0.5) is 0 Å². The molecule has 0 fully saturated rings. The molecule has 6 nitrogen and oxygen atoms in total. The maximum Gasteiger partial charge on any atom is 1.00 e. The number of rotatable bonds is 39. The van der Waals surface area contributed by atoms with Crippen LogP contribution in [0.25, 0.3) is 0 Å². The summed E-state index contributed by atoms with van der Waals surface area (Å²) < 4.78 is 50.1. The first-order valence-electron chi connectivity index (χ1n) is 19.7. The topological polar surface area (TPSA) is 84.9 Å². The molecule has 1 atom stereocenters. The van der Waals surface area contributed by atoms with E-state index >= 15 is 0 Å². The van der Waals surface area contributed by atoms with E-state index in [1.165, 1.54) is 167 Å². The summed E-state index contributed by atoms with van der Waals surface area (Å²) >= 11 is 0. The molecule has 0 aromatic heterocycles. The minimum atomic E-state index is -4.19. The van der Waals surface area contributed by atoms with Crippen molar-refractivity contribution < 1.29 is 56.7 Å². The van der Waals surface area contributed by atoms with Crippen molar-refractivity contribution in [3.8, 4) is 0 Å². The third-order valence-corrected chi connectivity index (χ3v) is 9.57. The zero-order valence-corrected chi connectivity index (χ0v) is 34.0. The summed E-state index contributed by atoms with van der Waals surface area (Å²) in [6, 6.07) is 0. The van der Waals surface area contributed by atoms with Gasteiger partial charge < -0.3 is 18.8 Å². The van der Waals surface area contributed by atoms with Gasteiger partial charge >= 0.3 is 29.6 Å². The third-order valence-electron chi connectivity index (χ3n) is 8.78. The zero-order chi connectivity index (χ0) is 32.9. The maximum atomic E-state index is 10.8. The van der Waals surface area contributed by atoms with E-state index in [2.05, 4.69) is 13.8 Å². The average molecular weight is 685 g/mol. The van der Waals surface area contributed by atoms with Crippen LogP contribution in [0.2, 0.25) is 0 Å². The Balaban J connectivity index is 0. The fourth-order valence-corrected chi connectivity index (χ4v) is 6.33. The summed E-state index contributed by atoms with van der Waals surface area (Å²) in [5.41, 5.74) is 0. The molecule has 0 N–H and O–H groups in total. The molecular formula is C38H77NaO6S. The van der Waals surface area contributed by atoms with Crippen molar-refractivity contribution in [1.29, 1.82) is 0 Å². The molecule has 0 aliphatic rings. The molecule has 0 spiro atoms. The number of ether oxygens (including phenoxy) is 3. The van der Waals surface area contributed by atoms with Gasteiger partial charge in [-0.15, -0.1) is 0 Å². The molecule has 0 radical (unpaired) electrons. The van der Waals surface area contributed by atoms with Gasteiger partial charge in [0.25, 0.3) is 0 Å². The molecule has 272 valence electrons. The van der Waals surface area contributed by atoms with Crippen LogP contribution in [-0.2, 0) is 24.3 Å². The van der Waals surface area contributed by atoms with Gasteiger partial charge in [-0.05, 0) is 19.3 Å². The molecule has 1 unspecified atom stereocenters. The molecule has 46 heavy (non-hydrogen) atoms. The molecule has 0 saturated heterocycles. The van der Waals surface area contributed by atoms with E-state index in [4.69, 9.17) is 14.2 Å². The van der Waals surface area contributed by atoms with Crippen molar-refractivity contribution in [1.82, 2.24) is 0 Å². The van der Waals surface area contributed by atoms with Gasteiger partial charge in [-0.25, -0.2) is 8.42 Å². The van der Waals surface area contributed by atoms with Crippen molar-refractivity contribution in [3.05, 3.63) is 0 Å². The summed E-state index contributed by atoms with van der Waals surface area (Å²) in [5.74, 6) is -0.382. The largest absolute Gasteiger partial charge is 1.00 e. The number of hydrogen-bond acceptors (Lipinski definition) is 6. The van der Waals surface area contributed by atoms with Crippen LogP contribution < -0.4 is 29.6 Å². The molecule has 0 aromatic rings. The van der Waals surface area contributed by atoms with Crippen LogP contribution in [-0.4, -0.2) is 57.9 Å². The van der Waals surface area contributed by atoms with Crippen molar-refractivity contribution >= 4 is 10.1 Å². The van der Waals surface area contributed by atoms with E-state index in [1.807, 2.05) is 0 Å². The van der Waals surface area contributed by atoms with E-state index in [1.54, 1.807) is 0 Å². The van der Waals surface area contributed by atoms with Crippen LogP contribution in [0.3, 0.4) is 0 Å². The fourth-order valence-electron chi connectivity index (χ4n) is 5.86. The first kappa shape index (κ1) is 48.9. The van der Waals surface area contributed by atoms with E-state index < -0.39 is 10.1 Å². The van der Waals surface area contributed by atoms with Gasteiger partial charge in [0.2, 0.25) is 0 Å². The summed E-state index contributed by atoms with van der Waals surface area (Å²) in [6.45, 7) is 7.11. The fraction of sp³-hybridized carbons (Fsp3) is 1.00. The van der Waals surface area contributed by atoms with Gasteiger partial charge in [-0.2, -0.15) is 0 Å². The molecular weight excluding hydrogens is 607 g/mol. The Morgan fingerprint density at radius 2 is 0.717 bits per heavy atom. The summed E-state index contributed by atoms with van der Waals surface area (Å²) in [4.78, 5) is 0. The minimum absolute atomic E-state index is 0. The molecule has 0 saturated carbocycles. The van der Waals surface area contributed by atoms with E-state index in [-0.39, 0.29) is 54.4 Å². The predicted octanol–water partition coefficient (Wildman–Crippen LogP) is 8.31. The minimum Gasteiger partial charge on any atom is -0.748 e. The average Bonchev–Trinajstić information content (AvgIpc) is 3.01. The van der Waals surface area contributed by atoms with Gasteiger partial charge in [0, 0.05) is 25.6 Å². The van der Waals surface area contributed by atoms with Gasteiger partial charge in [0.15, 0.2) is 0 Å². The van der Waals surface area contributed by atoms with Crippen molar-refractivity contribution in [3.63, 3.8) is 0 Å². The van der Waals surface area contributed by atoms with Gasteiger partial charge in [-0.1, -0.05) is 181 Å². The summed E-state index contributed by atoms with van der Waals surface area (Å²) in [5, 5.41) is 0. The normalized spacial score (nSPS) is 12.4. The number of unbranched alkanes of at least 4 members (excludes halogenated alkanes) is 26. The van der Waals surface area contributed by atoms with Crippen LogP contribution >= 0.6 is 0 Å². The second-order valence-corrected chi connectivity index (χ2v) is 15.0. The van der Waals surface area contributed by atoms with Gasteiger partial charge in [0.1, 0.15) is 6.10 Å². The van der Waals surface area contributed by atoms with E-state index in [9.17, 15) is 13.0 Å². The summed E-state index contributed by atoms with van der Waals surface area (Å²) in [6.07, 6.45) is 37.6. The molecule has 0 rings (SSSR count). The molecule has 8 heteroatoms. The Bertz CT molecular complexity index is 664. The Hall–Kier alpha value is 0.790. The first-order chi connectivity index (χ1) is 22.0. The van der Waals surface area contributed by atoms with E-state index in [0.29, 0.717) is 19.8 Å². The van der Waals surface area contributed by atoms with Crippen molar-refractivity contribution in [2.45, 2.75) is 206 Å². The molecule has 0 bridgehead atoms. The second-order valence-electron chi connectivity index (χ2n) is 13.5. The monoisotopic (exact) mass is 685 g/mol. The number of hydrogen-bond donors (Lipinski definition) is 0. The molecule has 0 aliphatic heterocycles. The Morgan fingerprint density at radius 1 is 0.435 bits per heavy atom. The van der Waals surface area contributed by atoms with E-state index in [0.717, 1.165) is 19.4 Å². The van der Waals surface area contributed by atoms with Crippen molar-refractivity contribution in [2.75, 3.05) is 38.8 Å². The van der Waals surface area contributed by atoms with Gasteiger partial charge in [-0.3, -0.25) is 0 Å². The van der Waals surface area contributed by atoms with Crippen LogP contribution in [0, 0.1) is 0 Å². The summed E-state index contributed by atoms with van der Waals surface area (Å²) in [7, 11) is -4.19. The Kier molecular flexibility index (Phi) is 42.8. The van der Waals surface area contributed by atoms with Crippen LogP contribution in [0.1, 0.15) is 200 Å². The Morgan fingerprint density at radius 3 is 1.04 bits per heavy atom. The molecule has 0 heterocycles. The zero-order valence-electron chi connectivity index (χ0n) is 31.2.